The first-order valence-electron chi connectivity index (χ1n) is 7.03. The van der Waals surface area contributed by atoms with Crippen molar-refractivity contribution in [1.82, 2.24) is 4.90 Å². The van der Waals surface area contributed by atoms with Crippen molar-refractivity contribution in [1.29, 1.82) is 5.41 Å². The lowest BCUT2D eigenvalue weighted by molar-refractivity contribution is 0.422. The molecule has 0 spiro atoms. The zero-order valence-electron chi connectivity index (χ0n) is 12.3. The van der Waals surface area contributed by atoms with Crippen LogP contribution in [0.4, 0.5) is 0 Å². The van der Waals surface area contributed by atoms with Gasteiger partial charge in [0, 0.05) is 18.7 Å². The fraction of sp³-hybridized carbons (Fsp3) is 0.278. The van der Waals surface area contributed by atoms with Gasteiger partial charge in [-0.3, -0.25) is 5.41 Å². The van der Waals surface area contributed by atoms with Crippen molar-refractivity contribution in [3.8, 4) is 0 Å². The number of fused-ring (bicyclic) bond motifs is 1. The van der Waals surface area contributed by atoms with Gasteiger partial charge in [0.05, 0.1) is 0 Å². The summed E-state index contributed by atoms with van der Waals surface area (Å²) in [6, 6.07) is 13.0. The molecule has 0 saturated heterocycles. The van der Waals surface area contributed by atoms with Gasteiger partial charge < -0.3 is 4.90 Å². The molecule has 0 fully saturated rings. The first-order chi connectivity index (χ1) is 9.52. The number of hydrogen-bond donors (Lipinski definition) is 1. The molecule has 102 valence electrons. The van der Waals surface area contributed by atoms with E-state index in [9.17, 15) is 0 Å². The van der Waals surface area contributed by atoms with Crippen LogP contribution in [0.15, 0.2) is 36.4 Å². The Morgan fingerprint density at radius 1 is 0.950 bits per heavy atom. The Labute approximate surface area is 120 Å². The lowest BCUT2D eigenvalue weighted by Gasteiger charge is -2.18. The molecule has 2 nitrogen and oxygen atoms in total. The highest BCUT2D eigenvalue weighted by molar-refractivity contribution is 6.00. The van der Waals surface area contributed by atoms with E-state index in [0.29, 0.717) is 5.84 Å². The molecule has 1 N–H and O–H groups in total. The van der Waals surface area contributed by atoms with Crippen LogP contribution in [-0.4, -0.2) is 10.7 Å². The third-order valence-corrected chi connectivity index (χ3v) is 3.85. The highest BCUT2D eigenvalue weighted by Gasteiger charge is 2.23. The molecule has 20 heavy (non-hydrogen) atoms. The molecule has 0 saturated carbocycles. The molecule has 2 aromatic carbocycles. The Morgan fingerprint density at radius 3 is 2.35 bits per heavy atom. The normalized spacial score (nSPS) is 13.8. The van der Waals surface area contributed by atoms with E-state index in [-0.39, 0.29) is 0 Å². The average molecular weight is 264 g/mol. The van der Waals surface area contributed by atoms with Crippen LogP contribution in [0, 0.1) is 26.2 Å². The number of benzene rings is 2. The Morgan fingerprint density at radius 2 is 1.65 bits per heavy atom. The molecule has 0 unspecified atom stereocenters. The third-order valence-electron chi connectivity index (χ3n) is 3.85. The predicted molar refractivity (Wildman–Crippen MR) is 83.2 cm³/mol. The van der Waals surface area contributed by atoms with Crippen LogP contribution in [0.25, 0.3) is 0 Å². The maximum Gasteiger partial charge on any atom is 0.129 e. The van der Waals surface area contributed by atoms with Crippen molar-refractivity contribution >= 4 is 5.84 Å². The quantitative estimate of drug-likeness (QED) is 0.873. The van der Waals surface area contributed by atoms with E-state index in [1.54, 1.807) is 0 Å². The van der Waals surface area contributed by atoms with Crippen LogP contribution in [0.5, 0.6) is 0 Å². The van der Waals surface area contributed by atoms with E-state index in [1.165, 1.54) is 27.8 Å². The number of nitrogens with one attached hydrogen (secondary N) is 1. The molecule has 0 bridgehead atoms. The Hall–Kier alpha value is -2.09. The molecule has 2 aromatic rings. The van der Waals surface area contributed by atoms with Gasteiger partial charge in [0.25, 0.3) is 0 Å². The Kier molecular flexibility index (Phi) is 3.09. The van der Waals surface area contributed by atoms with E-state index in [0.717, 1.165) is 18.7 Å². The molecular weight excluding hydrogens is 244 g/mol. The molecule has 0 radical (unpaired) electrons. The van der Waals surface area contributed by atoms with Crippen molar-refractivity contribution in [3.63, 3.8) is 0 Å². The molecule has 1 heterocycles. The highest BCUT2D eigenvalue weighted by Crippen LogP contribution is 2.25. The fourth-order valence-electron chi connectivity index (χ4n) is 3.05. The monoisotopic (exact) mass is 264 g/mol. The van der Waals surface area contributed by atoms with Crippen LogP contribution >= 0.6 is 0 Å². The Balaban J connectivity index is 1.85. The number of rotatable bonds is 2. The molecule has 1 aliphatic heterocycles. The maximum atomic E-state index is 8.34. The minimum absolute atomic E-state index is 0.652. The molecule has 3 rings (SSSR count). The molecule has 2 heteroatoms. The summed E-state index contributed by atoms with van der Waals surface area (Å²) >= 11 is 0. The summed E-state index contributed by atoms with van der Waals surface area (Å²) < 4.78 is 0. The second kappa shape index (κ2) is 4.78. The van der Waals surface area contributed by atoms with Gasteiger partial charge in [-0.05, 0) is 31.9 Å². The van der Waals surface area contributed by atoms with Gasteiger partial charge in [-0.15, -0.1) is 0 Å². The SMILES string of the molecule is Cc1cc(C)cc(CN2Cc3cc(C)ccc3C2=N)c1. The van der Waals surface area contributed by atoms with E-state index in [2.05, 4.69) is 62.1 Å². The fourth-order valence-corrected chi connectivity index (χ4v) is 3.05. The van der Waals surface area contributed by atoms with Crippen LogP contribution < -0.4 is 0 Å². The third kappa shape index (κ3) is 2.34. The van der Waals surface area contributed by atoms with Gasteiger partial charge in [0.1, 0.15) is 5.84 Å². The van der Waals surface area contributed by atoms with Gasteiger partial charge >= 0.3 is 0 Å². The van der Waals surface area contributed by atoms with Crippen LogP contribution in [0.1, 0.15) is 33.4 Å². The zero-order valence-corrected chi connectivity index (χ0v) is 12.3. The largest absolute Gasteiger partial charge is 0.348 e. The zero-order chi connectivity index (χ0) is 14.3. The second-order valence-corrected chi connectivity index (χ2v) is 5.86. The van der Waals surface area contributed by atoms with E-state index in [1.807, 2.05) is 0 Å². The smallest absolute Gasteiger partial charge is 0.129 e. The van der Waals surface area contributed by atoms with Gasteiger partial charge in [0.15, 0.2) is 0 Å². The summed E-state index contributed by atoms with van der Waals surface area (Å²) in [4.78, 5) is 2.15. The molecule has 0 amide bonds. The number of nitrogens with zero attached hydrogens (tertiary/aromatic N) is 1. The highest BCUT2D eigenvalue weighted by atomic mass is 15.2. The van der Waals surface area contributed by atoms with E-state index < -0.39 is 0 Å². The predicted octanol–water partition coefficient (Wildman–Crippen LogP) is 3.95. The molecule has 1 aliphatic rings. The summed E-state index contributed by atoms with van der Waals surface area (Å²) in [6.07, 6.45) is 0. The van der Waals surface area contributed by atoms with E-state index >= 15 is 0 Å². The van der Waals surface area contributed by atoms with Gasteiger partial charge in [-0.25, -0.2) is 0 Å². The minimum atomic E-state index is 0.652. The van der Waals surface area contributed by atoms with Gasteiger partial charge in [-0.2, -0.15) is 0 Å². The summed E-state index contributed by atoms with van der Waals surface area (Å²) in [5, 5.41) is 8.34. The second-order valence-electron chi connectivity index (χ2n) is 5.86. The van der Waals surface area contributed by atoms with Crippen molar-refractivity contribution in [3.05, 3.63) is 69.8 Å². The van der Waals surface area contributed by atoms with Crippen molar-refractivity contribution in [2.24, 2.45) is 0 Å². The standard InChI is InChI=1S/C18H20N2/c1-12-4-5-17-16(9-12)11-20(18(17)19)10-15-7-13(2)6-14(3)8-15/h4-9,19H,10-11H2,1-3H3. The summed E-state index contributed by atoms with van der Waals surface area (Å²) in [5.41, 5.74) is 7.50. The van der Waals surface area contributed by atoms with E-state index in [4.69, 9.17) is 5.41 Å². The minimum Gasteiger partial charge on any atom is -0.348 e. The first kappa shape index (κ1) is 12.9. The van der Waals surface area contributed by atoms with Crippen molar-refractivity contribution in [2.75, 3.05) is 0 Å². The van der Waals surface area contributed by atoms with Crippen LogP contribution in [0.3, 0.4) is 0 Å². The lowest BCUT2D eigenvalue weighted by Crippen LogP contribution is -2.23. The van der Waals surface area contributed by atoms with Crippen LogP contribution in [-0.2, 0) is 13.1 Å². The maximum absolute atomic E-state index is 8.34. The molecule has 0 aliphatic carbocycles. The number of aryl methyl sites for hydroxylation is 3. The topological polar surface area (TPSA) is 27.1 Å². The summed E-state index contributed by atoms with van der Waals surface area (Å²) in [6.45, 7) is 8.03. The lowest BCUT2D eigenvalue weighted by atomic mass is 10.1. The molecular formula is C18H20N2. The van der Waals surface area contributed by atoms with Gasteiger partial charge in [0.2, 0.25) is 0 Å². The van der Waals surface area contributed by atoms with Gasteiger partial charge in [-0.1, -0.05) is 53.1 Å². The van der Waals surface area contributed by atoms with Crippen LogP contribution in [0.2, 0.25) is 0 Å². The molecule has 0 atom stereocenters. The summed E-state index contributed by atoms with van der Waals surface area (Å²) in [5.74, 6) is 0.652. The average Bonchev–Trinajstić information content (AvgIpc) is 2.64. The Bertz CT molecular complexity index is 666. The van der Waals surface area contributed by atoms with Crippen molar-refractivity contribution in [2.45, 2.75) is 33.9 Å². The molecule has 0 aromatic heterocycles. The number of hydrogen-bond acceptors (Lipinski definition) is 1. The number of amidine groups is 1. The summed E-state index contributed by atoms with van der Waals surface area (Å²) in [7, 11) is 0. The van der Waals surface area contributed by atoms with Crippen molar-refractivity contribution < 1.29 is 0 Å². The first-order valence-corrected chi connectivity index (χ1v) is 7.03.